The smallest absolute Gasteiger partial charge is 0.242 e. The standard InChI is InChI=1S/C20H30N2O3/c1-4-20(5-2,16-9-7-6-8-10-16)19(25)21(3)15-18(24)22-13-11-17(23)12-14-22/h6-10,17,23H,4-5,11-15H2,1-3H3. The number of nitrogens with zero attached hydrogens (tertiary/aromatic N) is 2. The van der Waals surface area contributed by atoms with Crippen LogP contribution in [0.3, 0.4) is 0 Å². The minimum Gasteiger partial charge on any atom is -0.393 e. The molecule has 1 aliphatic heterocycles. The molecule has 1 aromatic rings. The van der Waals surface area contributed by atoms with Crippen molar-refractivity contribution in [1.29, 1.82) is 0 Å². The van der Waals surface area contributed by atoms with Crippen molar-refractivity contribution in [3.8, 4) is 0 Å². The summed E-state index contributed by atoms with van der Waals surface area (Å²) in [5, 5.41) is 9.57. The molecule has 0 unspecified atom stereocenters. The molecule has 1 N–H and O–H groups in total. The normalized spacial score (nSPS) is 15.9. The maximum absolute atomic E-state index is 13.2. The van der Waals surface area contributed by atoms with Gasteiger partial charge in [0.25, 0.3) is 0 Å². The summed E-state index contributed by atoms with van der Waals surface area (Å²) in [6.45, 7) is 5.26. The molecule has 5 heteroatoms. The van der Waals surface area contributed by atoms with Gasteiger partial charge in [0.2, 0.25) is 11.8 Å². The first kappa shape index (κ1) is 19.4. The van der Waals surface area contributed by atoms with Gasteiger partial charge in [0, 0.05) is 20.1 Å². The summed E-state index contributed by atoms with van der Waals surface area (Å²) in [4.78, 5) is 29.0. The molecule has 1 fully saturated rings. The first-order valence-corrected chi connectivity index (χ1v) is 9.21. The average molecular weight is 346 g/mol. The molecule has 1 saturated heterocycles. The van der Waals surface area contributed by atoms with Crippen molar-refractivity contribution in [1.82, 2.24) is 9.80 Å². The van der Waals surface area contributed by atoms with Crippen molar-refractivity contribution < 1.29 is 14.7 Å². The summed E-state index contributed by atoms with van der Waals surface area (Å²) < 4.78 is 0. The van der Waals surface area contributed by atoms with Crippen LogP contribution in [-0.2, 0) is 15.0 Å². The lowest BCUT2D eigenvalue weighted by Gasteiger charge is -2.36. The quantitative estimate of drug-likeness (QED) is 0.859. The Balaban J connectivity index is 2.10. The predicted molar refractivity (Wildman–Crippen MR) is 98.2 cm³/mol. The van der Waals surface area contributed by atoms with Gasteiger partial charge in [0.15, 0.2) is 0 Å². The molecule has 0 spiro atoms. The minimum atomic E-state index is -0.589. The van der Waals surface area contributed by atoms with Crippen LogP contribution in [0.25, 0.3) is 0 Å². The second-order valence-corrected chi connectivity index (χ2v) is 6.93. The SMILES string of the molecule is CCC(CC)(C(=O)N(C)CC(=O)N1CCC(O)CC1)c1ccccc1. The number of aliphatic hydroxyl groups is 1. The molecule has 1 aliphatic rings. The predicted octanol–water partition coefficient (Wildman–Crippen LogP) is 2.19. The molecule has 0 atom stereocenters. The molecule has 0 aliphatic carbocycles. The van der Waals surface area contributed by atoms with Gasteiger partial charge in [-0.25, -0.2) is 0 Å². The maximum atomic E-state index is 13.2. The fraction of sp³-hybridized carbons (Fsp3) is 0.600. The summed E-state index contributed by atoms with van der Waals surface area (Å²) in [6.07, 6.45) is 2.30. The molecule has 1 heterocycles. The molecule has 0 saturated carbocycles. The molecular formula is C20H30N2O3. The Kier molecular flexibility index (Phi) is 6.59. The van der Waals surface area contributed by atoms with E-state index in [1.807, 2.05) is 44.2 Å². The van der Waals surface area contributed by atoms with E-state index in [1.54, 1.807) is 16.8 Å². The molecule has 5 nitrogen and oxygen atoms in total. The fourth-order valence-electron chi connectivity index (χ4n) is 3.70. The Morgan fingerprint density at radius 2 is 1.72 bits per heavy atom. The Hall–Kier alpha value is -1.88. The zero-order valence-corrected chi connectivity index (χ0v) is 15.6. The van der Waals surface area contributed by atoms with Gasteiger partial charge in [0.1, 0.15) is 0 Å². The average Bonchev–Trinajstić information content (AvgIpc) is 2.64. The number of hydrogen-bond donors (Lipinski definition) is 1. The Morgan fingerprint density at radius 1 is 1.16 bits per heavy atom. The molecule has 25 heavy (non-hydrogen) atoms. The summed E-state index contributed by atoms with van der Waals surface area (Å²) in [5.41, 5.74) is 0.416. The first-order valence-electron chi connectivity index (χ1n) is 9.21. The number of piperidine rings is 1. The van der Waals surface area contributed by atoms with Crippen molar-refractivity contribution in [2.75, 3.05) is 26.7 Å². The highest BCUT2D eigenvalue weighted by molar-refractivity contribution is 5.91. The van der Waals surface area contributed by atoms with Gasteiger partial charge in [-0.3, -0.25) is 9.59 Å². The van der Waals surface area contributed by atoms with Crippen molar-refractivity contribution >= 4 is 11.8 Å². The van der Waals surface area contributed by atoms with Gasteiger partial charge in [-0.05, 0) is 31.2 Å². The lowest BCUT2D eigenvalue weighted by atomic mass is 9.74. The highest BCUT2D eigenvalue weighted by Gasteiger charge is 2.39. The molecule has 1 aromatic carbocycles. The van der Waals surface area contributed by atoms with Crippen LogP contribution in [0.2, 0.25) is 0 Å². The van der Waals surface area contributed by atoms with Gasteiger partial charge >= 0.3 is 0 Å². The zero-order chi connectivity index (χ0) is 18.4. The lowest BCUT2D eigenvalue weighted by molar-refractivity contribution is -0.144. The molecule has 0 bridgehead atoms. The van der Waals surface area contributed by atoms with Crippen LogP contribution in [0.15, 0.2) is 30.3 Å². The Labute approximate surface area is 150 Å². The highest BCUT2D eigenvalue weighted by atomic mass is 16.3. The zero-order valence-electron chi connectivity index (χ0n) is 15.6. The van der Waals surface area contributed by atoms with E-state index in [1.165, 1.54) is 0 Å². The van der Waals surface area contributed by atoms with E-state index in [4.69, 9.17) is 0 Å². The number of aliphatic hydroxyl groups excluding tert-OH is 1. The van der Waals surface area contributed by atoms with E-state index in [9.17, 15) is 14.7 Å². The Bertz CT molecular complexity index is 576. The van der Waals surface area contributed by atoms with Gasteiger partial charge < -0.3 is 14.9 Å². The van der Waals surface area contributed by atoms with E-state index in [0.29, 0.717) is 38.8 Å². The largest absolute Gasteiger partial charge is 0.393 e. The summed E-state index contributed by atoms with van der Waals surface area (Å²) >= 11 is 0. The van der Waals surface area contributed by atoms with E-state index >= 15 is 0 Å². The van der Waals surface area contributed by atoms with Crippen molar-refractivity contribution in [3.05, 3.63) is 35.9 Å². The molecule has 0 aromatic heterocycles. The Morgan fingerprint density at radius 3 is 2.24 bits per heavy atom. The number of hydrogen-bond acceptors (Lipinski definition) is 3. The molecular weight excluding hydrogens is 316 g/mol. The first-order chi connectivity index (χ1) is 11.9. The second-order valence-electron chi connectivity index (χ2n) is 6.93. The van der Waals surface area contributed by atoms with Gasteiger partial charge in [-0.15, -0.1) is 0 Å². The maximum Gasteiger partial charge on any atom is 0.242 e. The van der Waals surface area contributed by atoms with Crippen LogP contribution in [-0.4, -0.2) is 59.5 Å². The summed E-state index contributed by atoms with van der Waals surface area (Å²) in [7, 11) is 1.71. The number of likely N-dealkylation sites (N-methyl/N-ethyl adjacent to an activating group) is 1. The van der Waals surface area contributed by atoms with Crippen LogP contribution in [0.1, 0.15) is 45.1 Å². The minimum absolute atomic E-state index is 0.00547. The van der Waals surface area contributed by atoms with Crippen LogP contribution in [0.5, 0.6) is 0 Å². The number of carbonyl (C=O) groups excluding carboxylic acids is 2. The topological polar surface area (TPSA) is 60.9 Å². The van der Waals surface area contributed by atoms with Crippen molar-refractivity contribution in [2.24, 2.45) is 0 Å². The van der Waals surface area contributed by atoms with Gasteiger partial charge in [0.05, 0.1) is 18.1 Å². The van der Waals surface area contributed by atoms with Crippen LogP contribution in [0.4, 0.5) is 0 Å². The number of benzene rings is 1. The van der Waals surface area contributed by atoms with Crippen LogP contribution in [0, 0.1) is 0 Å². The lowest BCUT2D eigenvalue weighted by Crippen LogP contribution is -2.50. The van der Waals surface area contributed by atoms with Gasteiger partial charge in [-0.1, -0.05) is 44.2 Å². The third kappa shape index (κ3) is 4.21. The highest BCUT2D eigenvalue weighted by Crippen LogP contribution is 2.33. The molecule has 2 amide bonds. The van der Waals surface area contributed by atoms with E-state index < -0.39 is 5.41 Å². The molecule has 0 radical (unpaired) electrons. The summed E-state index contributed by atoms with van der Waals surface area (Å²) in [6, 6.07) is 9.83. The van der Waals surface area contributed by atoms with E-state index in [0.717, 1.165) is 5.56 Å². The molecule has 138 valence electrons. The number of rotatable bonds is 6. The van der Waals surface area contributed by atoms with Crippen LogP contribution >= 0.6 is 0 Å². The number of carbonyl (C=O) groups is 2. The van der Waals surface area contributed by atoms with Gasteiger partial charge in [-0.2, -0.15) is 0 Å². The third-order valence-electron chi connectivity index (χ3n) is 5.48. The number of likely N-dealkylation sites (tertiary alicyclic amines) is 1. The van der Waals surface area contributed by atoms with Crippen LogP contribution < -0.4 is 0 Å². The monoisotopic (exact) mass is 346 g/mol. The molecule has 2 rings (SSSR count). The van der Waals surface area contributed by atoms with Crippen molar-refractivity contribution in [2.45, 2.75) is 51.0 Å². The second kappa shape index (κ2) is 8.48. The third-order valence-corrected chi connectivity index (χ3v) is 5.48. The summed E-state index contributed by atoms with van der Waals surface area (Å²) in [5.74, 6) is -0.0500. The number of amides is 2. The van der Waals surface area contributed by atoms with E-state index in [-0.39, 0.29) is 24.5 Å². The van der Waals surface area contributed by atoms with E-state index in [2.05, 4.69) is 0 Å². The van der Waals surface area contributed by atoms with Crippen molar-refractivity contribution in [3.63, 3.8) is 0 Å². The fourth-order valence-corrected chi connectivity index (χ4v) is 3.70.